The van der Waals surface area contributed by atoms with E-state index < -0.39 is 0 Å². The maximum Gasteiger partial charge on any atom is 0.191 e. The van der Waals surface area contributed by atoms with Crippen LogP contribution in [0, 0.1) is 0 Å². The van der Waals surface area contributed by atoms with Crippen LogP contribution in [0.25, 0.3) is 0 Å². The van der Waals surface area contributed by atoms with Crippen molar-refractivity contribution in [1.29, 1.82) is 0 Å². The van der Waals surface area contributed by atoms with Gasteiger partial charge in [-0.15, -0.1) is 24.0 Å². The van der Waals surface area contributed by atoms with Crippen molar-refractivity contribution < 1.29 is 9.47 Å². The highest BCUT2D eigenvalue weighted by Crippen LogP contribution is 2.08. The van der Waals surface area contributed by atoms with E-state index in [1.807, 2.05) is 18.5 Å². The Morgan fingerprint density at radius 1 is 1.31 bits per heavy atom. The van der Waals surface area contributed by atoms with E-state index in [0.717, 1.165) is 64.1 Å². The van der Waals surface area contributed by atoms with Gasteiger partial charge in [-0.2, -0.15) is 0 Å². The third-order valence-electron chi connectivity index (χ3n) is 4.58. The summed E-state index contributed by atoms with van der Waals surface area (Å²) in [5, 5.41) is 6.66. The van der Waals surface area contributed by atoms with E-state index in [0.29, 0.717) is 6.54 Å². The van der Waals surface area contributed by atoms with E-state index in [4.69, 9.17) is 9.47 Å². The lowest BCUT2D eigenvalue weighted by atomic mass is 10.2. The van der Waals surface area contributed by atoms with Crippen molar-refractivity contribution in [3.63, 3.8) is 0 Å². The summed E-state index contributed by atoms with van der Waals surface area (Å²) in [6.07, 6.45) is 6.04. The molecule has 0 spiro atoms. The van der Waals surface area contributed by atoms with Gasteiger partial charge in [-0.25, -0.2) is 9.98 Å². The topological polar surface area (TPSA) is 72.7 Å². The van der Waals surface area contributed by atoms with Crippen molar-refractivity contribution in [2.24, 2.45) is 4.99 Å². The van der Waals surface area contributed by atoms with E-state index in [2.05, 4.69) is 56.4 Å². The zero-order valence-electron chi connectivity index (χ0n) is 17.0. The number of halogens is 1. The van der Waals surface area contributed by atoms with Crippen LogP contribution in [0.1, 0.15) is 31.2 Å². The maximum absolute atomic E-state index is 5.80. The molecule has 0 radical (unpaired) electrons. The fourth-order valence-corrected chi connectivity index (χ4v) is 3.08. The number of guanidine groups is 1. The average molecular weight is 513 g/mol. The highest BCUT2D eigenvalue weighted by atomic mass is 127. The van der Waals surface area contributed by atoms with Crippen LogP contribution in [0.4, 0.5) is 0 Å². The zero-order valence-corrected chi connectivity index (χ0v) is 19.4. The highest BCUT2D eigenvalue weighted by molar-refractivity contribution is 14.0. The largest absolute Gasteiger partial charge is 0.379 e. The van der Waals surface area contributed by atoms with Crippen LogP contribution in [0.15, 0.2) is 47.7 Å². The summed E-state index contributed by atoms with van der Waals surface area (Å²) in [7, 11) is 0. The second-order valence-corrected chi connectivity index (χ2v) is 6.79. The summed E-state index contributed by atoms with van der Waals surface area (Å²) in [4.78, 5) is 9.15. The summed E-state index contributed by atoms with van der Waals surface area (Å²) >= 11 is 0. The predicted molar refractivity (Wildman–Crippen MR) is 126 cm³/mol. The molecule has 1 saturated heterocycles. The van der Waals surface area contributed by atoms with E-state index in [1.54, 1.807) is 0 Å². The van der Waals surface area contributed by atoms with Crippen LogP contribution in [-0.2, 0) is 22.6 Å². The summed E-state index contributed by atoms with van der Waals surface area (Å²) in [5.41, 5.74) is 1.25. The van der Waals surface area contributed by atoms with Crippen molar-refractivity contribution in [2.45, 2.75) is 39.0 Å². The molecule has 7 nitrogen and oxygen atoms in total. The molecule has 1 aliphatic rings. The quantitative estimate of drug-likeness (QED) is 0.221. The number of aliphatic imine (C=N–C) groups is 1. The van der Waals surface area contributed by atoms with Gasteiger partial charge in [0.1, 0.15) is 12.4 Å². The van der Waals surface area contributed by atoms with Crippen LogP contribution in [-0.4, -0.2) is 54.5 Å². The standard InChI is InChI=1S/C21H31N5O2.HI/c1-2-22-21(24-10-6-13-28-19-9-14-27-17-19)25-15-20-23-11-12-26(20)16-18-7-4-3-5-8-18;/h3-5,7-8,11-12,19H,2,6,9-10,13-17H2,1H3,(H2,22,24,25);1H. The molecule has 0 bridgehead atoms. The lowest BCUT2D eigenvalue weighted by Crippen LogP contribution is -2.38. The molecule has 1 aromatic carbocycles. The Morgan fingerprint density at radius 3 is 2.93 bits per heavy atom. The molecule has 29 heavy (non-hydrogen) atoms. The fourth-order valence-electron chi connectivity index (χ4n) is 3.08. The Bertz CT molecular complexity index is 717. The maximum atomic E-state index is 5.80. The van der Waals surface area contributed by atoms with Crippen LogP contribution in [0.2, 0.25) is 0 Å². The van der Waals surface area contributed by atoms with Crippen LogP contribution in [0.3, 0.4) is 0 Å². The lowest BCUT2D eigenvalue weighted by Gasteiger charge is -2.13. The van der Waals surface area contributed by atoms with Crippen LogP contribution < -0.4 is 10.6 Å². The van der Waals surface area contributed by atoms with Crippen LogP contribution >= 0.6 is 24.0 Å². The Kier molecular flexibility index (Phi) is 11.0. The Hall–Kier alpha value is -1.65. The van der Waals surface area contributed by atoms with Gasteiger partial charge in [-0.05, 0) is 25.3 Å². The Morgan fingerprint density at radius 2 is 2.17 bits per heavy atom. The first-order valence-corrected chi connectivity index (χ1v) is 10.1. The van der Waals surface area contributed by atoms with Crippen LogP contribution in [0.5, 0.6) is 0 Å². The van der Waals surface area contributed by atoms with Gasteiger partial charge in [0.25, 0.3) is 0 Å². The van der Waals surface area contributed by atoms with Crippen molar-refractivity contribution >= 4 is 29.9 Å². The molecular formula is C21H32IN5O2. The highest BCUT2D eigenvalue weighted by Gasteiger charge is 2.15. The van der Waals surface area contributed by atoms with Crippen molar-refractivity contribution in [1.82, 2.24) is 20.2 Å². The molecule has 0 saturated carbocycles. The number of benzene rings is 1. The molecule has 160 valence electrons. The molecule has 0 amide bonds. The monoisotopic (exact) mass is 513 g/mol. The summed E-state index contributed by atoms with van der Waals surface area (Å²) in [6, 6.07) is 10.4. The number of imidazole rings is 1. The van der Waals surface area contributed by atoms with Gasteiger partial charge in [-0.1, -0.05) is 30.3 Å². The van der Waals surface area contributed by atoms with E-state index >= 15 is 0 Å². The first-order valence-electron chi connectivity index (χ1n) is 10.1. The second-order valence-electron chi connectivity index (χ2n) is 6.79. The molecule has 1 unspecified atom stereocenters. The molecular weight excluding hydrogens is 481 g/mol. The van der Waals surface area contributed by atoms with Gasteiger partial charge in [-0.3, -0.25) is 0 Å². The minimum absolute atomic E-state index is 0. The number of aromatic nitrogens is 2. The van der Waals surface area contributed by atoms with Gasteiger partial charge in [0, 0.05) is 45.2 Å². The number of ether oxygens (including phenoxy) is 2. The number of nitrogens with zero attached hydrogens (tertiary/aromatic N) is 3. The number of rotatable bonds is 10. The molecule has 1 atom stereocenters. The minimum Gasteiger partial charge on any atom is -0.379 e. The summed E-state index contributed by atoms with van der Waals surface area (Å²) in [6.45, 7) is 7.33. The first kappa shape index (κ1) is 23.6. The first-order chi connectivity index (χ1) is 13.8. The zero-order chi connectivity index (χ0) is 19.4. The van der Waals surface area contributed by atoms with Gasteiger partial charge >= 0.3 is 0 Å². The van der Waals surface area contributed by atoms with Gasteiger partial charge in [0.2, 0.25) is 0 Å². The third kappa shape index (κ3) is 8.31. The van der Waals surface area contributed by atoms with Crippen molar-refractivity contribution in [3.05, 3.63) is 54.1 Å². The molecule has 2 N–H and O–H groups in total. The predicted octanol–water partition coefficient (Wildman–Crippen LogP) is 2.80. The smallest absolute Gasteiger partial charge is 0.191 e. The SMILES string of the molecule is CCNC(=NCc1nccn1Cc1ccccc1)NCCCOC1CCOC1.I. The molecule has 1 aromatic heterocycles. The van der Waals surface area contributed by atoms with Gasteiger partial charge < -0.3 is 24.7 Å². The summed E-state index contributed by atoms with van der Waals surface area (Å²) in [5.74, 6) is 1.76. The molecule has 8 heteroatoms. The molecule has 2 heterocycles. The minimum atomic E-state index is 0. The number of hydrogen-bond acceptors (Lipinski definition) is 4. The fraction of sp³-hybridized carbons (Fsp3) is 0.524. The number of hydrogen-bond donors (Lipinski definition) is 2. The molecule has 2 aromatic rings. The Balaban J connectivity index is 0.00000300. The molecule has 1 fully saturated rings. The molecule has 0 aliphatic carbocycles. The average Bonchev–Trinajstić information content (AvgIpc) is 3.39. The Labute approximate surface area is 190 Å². The molecule has 1 aliphatic heterocycles. The summed E-state index contributed by atoms with van der Waals surface area (Å²) < 4.78 is 13.3. The van der Waals surface area contributed by atoms with E-state index in [1.165, 1.54) is 5.56 Å². The van der Waals surface area contributed by atoms with Crippen molar-refractivity contribution in [2.75, 3.05) is 32.9 Å². The van der Waals surface area contributed by atoms with E-state index in [-0.39, 0.29) is 30.1 Å². The van der Waals surface area contributed by atoms with Gasteiger partial charge in [0.15, 0.2) is 5.96 Å². The van der Waals surface area contributed by atoms with Crippen molar-refractivity contribution in [3.8, 4) is 0 Å². The molecule has 3 rings (SSSR count). The van der Waals surface area contributed by atoms with Gasteiger partial charge in [0.05, 0.1) is 12.7 Å². The third-order valence-corrected chi connectivity index (χ3v) is 4.58. The number of nitrogens with one attached hydrogen (secondary N) is 2. The normalized spacial score (nSPS) is 16.4. The second kappa shape index (κ2) is 13.6. The van der Waals surface area contributed by atoms with E-state index in [9.17, 15) is 0 Å². The lowest BCUT2D eigenvalue weighted by molar-refractivity contribution is 0.0420.